The molecule has 0 radical (unpaired) electrons. The molecule has 4 nitrogen and oxygen atoms in total. The van der Waals surface area contributed by atoms with Crippen LogP contribution in [0.4, 0.5) is 13.2 Å². The third-order valence-electron chi connectivity index (χ3n) is 3.98. The molecule has 0 aliphatic carbocycles. The largest absolute Gasteiger partial charge is 0.493 e. The maximum Gasteiger partial charge on any atom is 0.401 e. The van der Waals surface area contributed by atoms with E-state index < -0.39 is 12.7 Å². The fourth-order valence-electron chi connectivity index (χ4n) is 2.89. The Bertz CT molecular complexity index is 509. The van der Waals surface area contributed by atoms with Gasteiger partial charge < -0.3 is 14.8 Å². The summed E-state index contributed by atoms with van der Waals surface area (Å²) < 4.78 is 47.5. The highest BCUT2D eigenvalue weighted by atomic mass is 19.4. The van der Waals surface area contributed by atoms with Gasteiger partial charge in [0.1, 0.15) is 0 Å². The van der Waals surface area contributed by atoms with Gasteiger partial charge >= 0.3 is 6.18 Å². The van der Waals surface area contributed by atoms with Gasteiger partial charge in [-0.05, 0) is 43.1 Å². The molecule has 1 saturated heterocycles. The molecule has 0 saturated carbocycles. The zero-order valence-corrected chi connectivity index (χ0v) is 13.4. The van der Waals surface area contributed by atoms with Gasteiger partial charge in [0.2, 0.25) is 0 Å². The van der Waals surface area contributed by atoms with E-state index in [1.165, 1.54) is 4.90 Å². The van der Waals surface area contributed by atoms with E-state index in [9.17, 15) is 13.2 Å². The normalized spacial score (nSPS) is 19.1. The van der Waals surface area contributed by atoms with E-state index in [0.29, 0.717) is 37.7 Å². The lowest BCUT2D eigenvalue weighted by Crippen LogP contribution is -2.33. The quantitative estimate of drug-likeness (QED) is 0.832. The van der Waals surface area contributed by atoms with Gasteiger partial charge in [-0.25, -0.2) is 0 Å². The Kier molecular flexibility index (Phi) is 6.12. The molecule has 1 aliphatic rings. The smallest absolute Gasteiger partial charge is 0.401 e. The van der Waals surface area contributed by atoms with Crippen LogP contribution in [0.15, 0.2) is 18.2 Å². The van der Waals surface area contributed by atoms with Crippen molar-refractivity contribution in [2.75, 3.05) is 40.4 Å². The highest BCUT2D eigenvalue weighted by molar-refractivity contribution is 5.42. The molecule has 1 fully saturated rings. The molecular formula is C16H23F3N2O2. The van der Waals surface area contributed by atoms with Gasteiger partial charge in [0.15, 0.2) is 11.5 Å². The summed E-state index contributed by atoms with van der Waals surface area (Å²) in [5.74, 6) is 1.61. The zero-order chi connectivity index (χ0) is 16.9. The molecule has 7 heteroatoms. The van der Waals surface area contributed by atoms with Crippen molar-refractivity contribution in [1.29, 1.82) is 0 Å². The highest BCUT2D eigenvalue weighted by Crippen LogP contribution is 2.27. The number of hydrogen-bond donors (Lipinski definition) is 1. The van der Waals surface area contributed by atoms with E-state index in [0.717, 1.165) is 12.0 Å². The van der Waals surface area contributed by atoms with Crippen molar-refractivity contribution in [2.45, 2.75) is 19.1 Å². The van der Waals surface area contributed by atoms with Crippen molar-refractivity contribution in [3.05, 3.63) is 23.8 Å². The van der Waals surface area contributed by atoms with Gasteiger partial charge in [0.05, 0.1) is 20.8 Å². The van der Waals surface area contributed by atoms with Crippen LogP contribution in [0.25, 0.3) is 0 Å². The maximum atomic E-state index is 12.4. The minimum atomic E-state index is -4.11. The minimum absolute atomic E-state index is 0.262. The molecule has 1 heterocycles. The van der Waals surface area contributed by atoms with Gasteiger partial charge in [-0.15, -0.1) is 0 Å². The van der Waals surface area contributed by atoms with Crippen molar-refractivity contribution >= 4 is 0 Å². The molecule has 130 valence electrons. The van der Waals surface area contributed by atoms with Gasteiger partial charge in [0.25, 0.3) is 0 Å². The second-order valence-corrected chi connectivity index (χ2v) is 5.83. The predicted molar refractivity (Wildman–Crippen MR) is 81.9 cm³/mol. The number of ether oxygens (including phenoxy) is 2. The predicted octanol–water partition coefficient (Wildman–Crippen LogP) is 2.68. The van der Waals surface area contributed by atoms with Crippen molar-refractivity contribution in [3.8, 4) is 11.5 Å². The number of hydrogen-bond acceptors (Lipinski definition) is 4. The number of likely N-dealkylation sites (tertiary alicyclic amines) is 1. The van der Waals surface area contributed by atoms with Gasteiger partial charge in [-0.1, -0.05) is 6.07 Å². The first-order chi connectivity index (χ1) is 10.9. The summed E-state index contributed by atoms with van der Waals surface area (Å²) in [6.45, 7) is 1.57. The Morgan fingerprint density at radius 3 is 2.61 bits per heavy atom. The Morgan fingerprint density at radius 1 is 1.22 bits per heavy atom. The zero-order valence-electron chi connectivity index (χ0n) is 13.4. The molecule has 1 aliphatic heterocycles. The molecule has 1 aromatic rings. The van der Waals surface area contributed by atoms with Crippen molar-refractivity contribution in [2.24, 2.45) is 5.92 Å². The van der Waals surface area contributed by atoms with E-state index in [-0.39, 0.29) is 5.92 Å². The monoisotopic (exact) mass is 332 g/mol. The van der Waals surface area contributed by atoms with Crippen LogP contribution >= 0.6 is 0 Å². The molecular weight excluding hydrogens is 309 g/mol. The highest BCUT2D eigenvalue weighted by Gasteiger charge is 2.34. The summed E-state index contributed by atoms with van der Waals surface area (Å²) in [5.41, 5.74) is 1.05. The fourth-order valence-corrected chi connectivity index (χ4v) is 2.89. The Morgan fingerprint density at radius 2 is 1.96 bits per heavy atom. The Labute approximate surface area is 134 Å². The van der Waals surface area contributed by atoms with Crippen LogP contribution in [0, 0.1) is 5.92 Å². The number of nitrogens with one attached hydrogen (secondary N) is 1. The number of rotatable bonds is 7. The van der Waals surface area contributed by atoms with Crippen molar-refractivity contribution < 1.29 is 22.6 Å². The van der Waals surface area contributed by atoms with E-state index >= 15 is 0 Å². The number of alkyl halides is 3. The molecule has 1 N–H and O–H groups in total. The van der Waals surface area contributed by atoms with Gasteiger partial charge in [0, 0.05) is 13.1 Å². The molecule has 1 aromatic carbocycles. The topological polar surface area (TPSA) is 33.7 Å². The Hall–Kier alpha value is -1.47. The van der Waals surface area contributed by atoms with E-state index in [4.69, 9.17) is 9.47 Å². The van der Waals surface area contributed by atoms with Crippen molar-refractivity contribution in [1.82, 2.24) is 10.2 Å². The fraction of sp³-hybridized carbons (Fsp3) is 0.625. The molecule has 2 rings (SSSR count). The SMILES string of the molecule is COc1ccc(CNC[C@@H]2CCN(CC(F)(F)F)C2)cc1OC. The maximum absolute atomic E-state index is 12.4. The van der Waals surface area contributed by atoms with Crippen LogP contribution in [0.1, 0.15) is 12.0 Å². The lowest BCUT2D eigenvalue weighted by molar-refractivity contribution is -0.143. The molecule has 0 spiro atoms. The summed E-state index contributed by atoms with van der Waals surface area (Å²) in [6.07, 6.45) is -3.31. The molecule has 1 atom stereocenters. The molecule has 0 bridgehead atoms. The van der Waals surface area contributed by atoms with Crippen LogP contribution < -0.4 is 14.8 Å². The second kappa shape index (κ2) is 7.88. The molecule has 23 heavy (non-hydrogen) atoms. The van der Waals surface area contributed by atoms with Gasteiger partial charge in [-0.3, -0.25) is 4.90 Å². The number of halogens is 3. The summed E-state index contributed by atoms with van der Waals surface area (Å²) >= 11 is 0. The molecule has 0 amide bonds. The third-order valence-corrected chi connectivity index (χ3v) is 3.98. The van der Waals surface area contributed by atoms with E-state index in [1.54, 1.807) is 14.2 Å². The van der Waals surface area contributed by atoms with Crippen LogP contribution in [-0.2, 0) is 6.54 Å². The first-order valence-electron chi connectivity index (χ1n) is 7.62. The molecule has 0 unspecified atom stereocenters. The molecule has 0 aromatic heterocycles. The lowest BCUT2D eigenvalue weighted by atomic mass is 10.1. The third kappa shape index (κ3) is 5.58. The summed E-state index contributed by atoms with van der Waals surface area (Å²) in [5, 5.41) is 3.31. The summed E-state index contributed by atoms with van der Waals surface area (Å²) in [6, 6.07) is 5.69. The van der Waals surface area contributed by atoms with Crippen LogP contribution in [0.2, 0.25) is 0 Å². The average molecular weight is 332 g/mol. The lowest BCUT2D eigenvalue weighted by Gasteiger charge is -2.18. The first-order valence-corrected chi connectivity index (χ1v) is 7.62. The average Bonchev–Trinajstić information content (AvgIpc) is 2.92. The first kappa shape index (κ1) is 17.9. The van der Waals surface area contributed by atoms with Crippen LogP contribution in [0.5, 0.6) is 11.5 Å². The summed E-state index contributed by atoms with van der Waals surface area (Å²) in [4.78, 5) is 1.47. The van der Waals surface area contributed by atoms with E-state index in [1.807, 2.05) is 18.2 Å². The number of nitrogens with zero attached hydrogens (tertiary/aromatic N) is 1. The van der Waals surface area contributed by atoms with Crippen LogP contribution in [0.3, 0.4) is 0 Å². The van der Waals surface area contributed by atoms with E-state index in [2.05, 4.69) is 5.32 Å². The second-order valence-electron chi connectivity index (χ2n) is 5.83. The Balaban J connectivity index is 1.75. The van der Waals surface area contributed by atoms with Gasteiger partial charge in [-0.2, -0.15) is 13.2 Å². The summed E-state index contributed by atoms with van der Waals surface area (Å²) in [7, 11) is 3.17. The van der Waals surface area contributed by atoms with Crippen molar-refractivity contribution in [3.63, 3.8) is 0 Å². The number of methoxy groups -OCH3 is 2. The van der Waals surface area contributed by atoms with Crippen LogP contribution in [-0.4, -0.2) is 51.5 Å². The standard InChI is InChI=1S/C16H23F3N2O2/c1-22-14-4-3-12(7-15(14)23-2)8-20-9-13-5-6-21(10-13)11-16(17,18)19/h3-4,7,13,20H,5-6,8-11H2,1-2H3/t13-/m0/s1. The minimum Gasteiger partial charge on any atom is -0.493 e. The number of benzene rings is 1.